The first-order valence-corrected chi connectivity index (χ1v) is 5.48. The fraction of sp³-hybridized carbons (Fsp3) is 0.636. The molecule has 0 radical (unpaired) electrons. The molecule has 0 spiro atoms. The number of nitrogens with zero attached hydrogens (tertiary/aromatic N) is 2. The Labute approximate surface area is 90.1 Å². The molecule has 1 atom stereocenters. The monoisotopic (exact) mass is 207 g/mol. The van der Waals surface area contributed by atoms with Gasteiger partial charge in [0.2, 0.25) is 0 Å². The Morgan fingerprint density at radius 2 is 2.47 bits per heavy atom. The summed E-state index contributed by atoms with van der Waals surface area (Å²) in [6, 6.07) is 0. The number of rotatable bonds is 5. The lowest BCUT2D eigenvalue weighted by Crippen LogP contribution is -2.18. The fourth-order valence-electron chi connectivity index (χ4n) is 1.75. The lowest BCUT2D eigenvalue weighted by Gasteiger charge is -2.07. The largest absolute Gasteiger partial charge is 0.381 e. The Morgan fingerprint density at radius 1 is 1.47 bits per heavy atom. The van der Waals surface area contributed by atoms with Gasteiger partial charge in [0.15, 0.2) is 0 Å². The Kier molecular flexibility index (Phi) is 4.05. The average molecular weight is 207 g/mol. The molecule has 1 aliphatic rings. The van der Waals surface area contributed by atoms with E-state index >= 15 is 0 Å². The number of ether oxygens (including phenoxy) is 1. The molecule has 0 amide bonds. The highest BCUT2D eigenvalue weighted by molar-refractivity contribution is 4.93. The van der Waals surface area contributed by atoms with Crippen molar-refractivity contribution in [3.05, 3.63) is 24.3 Å². The van der Waals surface area contributed by atoms with Gasteiger partial charge in [-0.1, -0.05) is 0 Å². The van der Waals surface area contributed by atoms with Crippen molar-refractivity contribution in [1.29, 1.82) is 0 Å². The van der Waals surface area contributed by atoms with E-state index in [9.17, 15) is 0 Å². The SMILES string of the molecule is c1cnc(CNCCC2CCOC2)cn1. The fourth-order valence-corrected chi connectivity index (χ4v) is 1.75. The summed E-state index contributed by atoms with van der Waals surface area (Å²) in [7, 11) is 0. The van der Waals surface area contributed by atoms with E-state index in [1.165, 1.54) is 12.8 Å². The van der Waals surface area contributed by atoms with Gasteiger partial charge >= 0.3 is 0 Å². The van der Waals surface area contributed by atoms with Gasteiger partial charge in [0, 0.05) is 38.3 Å². The normalized spacial score (nSPS) is 20.7. The van der Waals surface area contributed by atoms with Crippen molar-refractivity contribution in [2.75, 3.05) is 19.8 Å². The summed E-state index contributed by atoms with van der Waals surface area (Å²) in [5, 5.41) is 3.37. The van der Waals surface area contributed by atoms with E-state index in [4.69, 9.17) is 4.74 Å². The summed E-state index contributed by atoms with van der Waals surface area (Å²) in [4.78, 5) is 8.22. The molecule has 1 aromatic heterocycles. The van der Waals surface area contributed by atoms with Crippen molar-refractivity contribution in [3.63, 3.8) is 0 Å². The van der Waals surface area contributed by atoms with E-state index < -0.39 is 0 Å². The predicted octanol–water partition coefficient (Wildman–Crippen LogP) is 0.993. The second-order valence-electron chi connectivity index (χ2n) is 3.89. The Hall–Kier alpha value is -1.00. The molecule has 4 heteroatoms. The highest BCUT2D eigenvalue weighted by atomic mass is 16.5. The van der Waals surface area contributed by atoms with Gasteiger partial charge in [0.1, 0.15) is 0 Å². The van der Waals surface area contributed by atoms with Gasteiger partial charge in [-0.2, -0.15) is 0 Å². The highest BCUT2D eigenvalue weighted by Gasteiger charge is 2.14. The zero-order valence-corrected chi connectivity index (χ0v) is 8.85. The molecular formula is C11H17N3O. The lowest BCUT2D eigenvalue weighted by atomic mass is 10.1. The van der Waals surface area contributed by atoms with Crippen molar-refractivity contribution in [3.8, 4) is 0 Å². The van der Waals surface area contributed by atoms with Crippen molar-refractivity contribution in [2.45, 2.75) is 19.4 Å². The maximum atomic E-state index is 5.32. The maximum absolute atomic E-state index is 5.32. The first kappa shape index (κ1) is 10.5. The molecular weight excluding hydrogens is 190 g/mol. The minimum absolute atomic E-state index is 0.749. The molecule has 1 aromatic rings. The molecule has 0 aliphatic carbocycles. The molecule has 1 saturated heterocycles. The van der Waals surface area contributed by atoms with Crippen molar-refractivity contribution >= 4 is 0 Å². The van der Waals surface area contributed by atoms with Crippen LogP contribution in [0.25, 0.3) is 0 Å². The third-order valence-electron chi connectivity index (χ3n) is 2.68. The highest BCUT2D eigenvalue weighted by Crippen LogP contribution is 2.15. The maximum Gasteiger partial charge on any atom is 0.0724 e. The number of hydrogen-bond donors (Lipinski definition) is 1. The van der Waals surface area contributed by atoms with E-state index in [0.29, 0.717) is 0 Å². The van der Waals surface area contributed by atoms with Crippen LogP contribution in [-0.2, 0) is 11.3 Å². The van der Waals surface area contributed by atoms with Crippen LogP contribution in [0.2, 0.25) is 0 Å². The standard InChI is InChI=1S/C11H17N3O/c1(10-2-6-15-9-10)3-12-7-11-8-13-4-5-14-11/h4-5,8,10,12H,1-3,6-7,9H2. The van der Waals surface area contributed by atoms with Crippen LogP contribution in [0.1, 0.15) is 18.5 Å². The molecule has 1 unspecified atom stereocenters. The molecule has 0 saturated carbocycles. The number of nitrogens with one attached hydrogen (secondary N) is 1. The minimum Gasteiger partial charge on any atom is -0.381 e. The van der Waals surface area contributed by atoms with Gasteiger partial charge in [-0.3, -0.25) is 9.97 Å². The van der Waals surface area contributed by atoms with Gasteiger partial charge < -0.3 is 10.1 Å². The molecule has 2 heterocycles. The van der Waals surface area contributed by atoms with E-state index in [1.54, 1.807) is 18.6 Å². The Bertz CT molecular complexity index is 272. The molecule has 82 valence electrons. The molecule has 4 nitrogen and oxygen atoms in total. The van der Waals surface area contributed by atoms with Crippen LogP contribution >= 0.6 is 0 Å². The molecule has 1 aliphatic heterocycles. The van der Waals surface area contributed by atoms with Crippen molar-refractivity contribution in [1.82, 2.24) is 15.3 Å². The van der Waals surface area contributed by atoms with E-state index in [1.807, 2.05) is 0 Å². The van der Waals surface area contributed by atoms with Gasteiger partial charge in [0.05, 0.1) is 5.69 Å². The van der Waals surface area contributed by atoms with Crippen LogP contribution in [0.3, 0.4) is 0 Å². The molecule has 0 bridgehead atoms. The first-order chi connectivity index (χ1) is 7.45. The van der Waals surface area contributed by atoms with Gasteiger partial charge in [0.25, 0.3) is 0 Å². The summed E-state index contributed by atoms with van der Waals surface area (Å²) >= 11 is 0. The number of aromatic nitrogens is 2. The van der Waals surface area contributed by atoms with Crippen LogP contribution in [0.5, 0.6) is 0 Å². The third-order valence-corrected chi connectivity index (χ3v) is 2.68. The first-order valence-electron chi connectivity index (χ1n) is 5.48. The van der Waals surface area contributed by atoms with Gasteiger partial charge in [-0.15, -0.1) is 0 Å². The van der Waals surface area contributed by atoms with Gasteiger partial charge in [-0.25, -0.2) is 0 Å². The summed E-state index contributed by atoms with van der Waals surface area (Å²) in [5.74, 6) is 0.749. The summed E-state index contributed by atoms with van der Waals surface area (Å²) in [6.45, 7) is 3.72. The van der Waals surface area contributed by atoms with Crippen LogP contribution in [0.4, 0.5) is 0 Å². The van der Waals surface area contributed by atoms with E-state index in [2.05, 4.69) is 15.3 Å². The second kappa shape index (κ2) is 5.78. The average Bonchev–Trinajstić information content (AvgIpc) is 2.79. The molecule has 15 heavy (non-hydrogen) atoms. The van der Waals surface area contributed by atoms with Crippen molar-refractivity contribution in [2.24, 2.45) is 5.92 Å². The third kappa shape index (κ3) is 3.57. The predicted molar refractivity (Wildman–Crippen MR) is 57.3 cm³/mol. The number of hydrogen-bond acceptors (Lipinski definition) is 4. The summed E-state index contributed by atoms with van der Waals surface area (Å²) in [6.07, 6.45) is 7.62. The van der Waals surface area contributed by atoms with Crippen LogP contribution < -0.4 is 5.32 Å². The summed E-state index contributed by atoms with van der Waals surface area (Å²) in [5.41, 5.74) is 1.00. The molecule has 1 fully saturated rings. The van der Waals surface area contributed by atoms with Crippen molar-refractivity contribution < 1.29 is 4.74 Å². The quantitative estimate of drug-likeness (QED) is 0.731. The Balaban J connectivity index is 1.59. The zero-order chi connectivity index (χ0) is 10.3. The second-order valence-corrected chi connectivity index (χ2v) is 3.89. The smallest absolute Gasteiger partial charge is 0.0724 e. The molecule has 1 N–H and O–H groups in total. The van der Waals surface area contributed by atoms with E-state index in [-0.39, 0.29) is 0 Å². The summed E-state index contributed by atoms with van der Waals surface area (Å²) < 4.78 is 5.32. The van der Waals surface area contributed by atoms with Crippen LogP contribution in [0, 0.1) is 5.92 Å². The lowest BCUT2D eigenvalue weighted by molar-refractivity contribution is 0.184. The van der Waals surface area contributed by atoms with Crippen LogP contribution in [-0.4, -0.2) is 29.7 Å². The zero-order valence-electron chi connectivity index (χ0n) is 8.85. The molecule has 2 rings (SSSR count). The Morgan fingerprint density at radius 3 is 3.20 bits per heavy atom. The topological polar surface area (TPSA) is 47.0 Å². The van der Waals surface area contributed by atoms with Crippen LogP contribution in [0.15, 0.2) is 18.6 Å². The minimum atomic E-state index is 0.749. The van der Waals surface area contributed by atoms with E-state index in [0.717, 1.165) is 37.9 Å². The molecule has 0 aromatic carbocycles. The van der Waals surface area contributed by atoms with Gasteiger partial charge in [-0.05, 0) is 25.3 Å².